The predicted molar refractivity (Wildman–Crippen MR) is 142 cm³/mol. The highest BCUT2D eigenvalue weighted by molar-refractivity contribution is 5.97. The van der Waals surface area contributed by atoms with Gasteiger partial charge in [0.1, 0.15) is 24.1 Å². The van der Waals surface area contributed by atoms with Gasteiger partial charge in [0, 0.05) is 49.6 Å². The van der Waals surface area contributed by atoms with E-state index in [-0.39, 0.29) is 42.7 Å². The summed E-state index contributed by atoms with van der Waals surface area (Å²) >= 11 is 0. The number of carbonyl (C=O) groups excluding carboxylic acids is 4. The normalized spacial score (nSPS) is 19.4. The number of hydrogen-bond acceptors (Lipinski definition) is 7. The van der Waals surface area contributed by atoms with Crippen LogP contribution in [0.3, 0.4) is 0 Å². The van der Waals surface area contributed by atoms with Gasteiger partial charge in [-0.25, -0.2) is 0 Å². The zero-order chi connectivity index (χ0) is 27.6. The van der Waals surface area contributed by atoms with E-state index in [1.165, 1.54) is 7.11 Å². The van der Waals surface area contributed by atoms with Crippen LogP contribution in [0.1, 0.15) is 52.8 Å². The molecule has 1 fully saturated rings. The number of benzene rings is 1. The maximum absolute atomic E-state index is 13.1. The average Bonchev–Trinajstić information content (AvgIpc) is 2.97. The van der Waals surface area contributed by atoms with Crippen molar-refractivity contribution in [3.05, 3.63) is 53.9 Å². The highest BCUT2D eigenvalue weighted by Gasteiger charge is 2.30. The molecule has 4 rings (SSSR count). The molecule has 2 aliphatic rings. The molecule has 3 N–H and O–H groups in total. The first kappa shape index (κ1) is 27.9. The maximum atomic E-state index is 13.1. The molecular formula is C28H35N5O6. The summed E-state index contributed by atoms with van der Waals surface area (Å²) in [6, 6.07) is 7.65. The summed E-state index contributed by atoms with van der Waals surface area (Å²) in [5, 5.41) is 8.65. The summed E-state index contributed by atoms with van der Waals surface area (Å²) in [6.45, 7) is 1.72. The molecule has 2 aromatic rings. The van der Waals surface area contributed by atoms with E-state index in [0.29, 0.717) is 74.4 Å². The lowest BCUT2D eigenvalue weighted by molar-refractivity contribution is -0.132. The third kappa shape index (κ3) is 7.46. The van der Waals surface area contributed by atoms with E-state index in [2.05, 4.69) is 20.9 Å². The lowest BCUT2D eigenvalue weighted by atomic mass is 9.94. The molecule has 0 aliphatic carbocycles. The Labute approximate surface area is 227 Å². The van der Waals surface area contributed by atoms with E-state index in [4.69, 9.17) is 9.47 Å². The molecule has 4 amide bonds. The van der Waals surface area contributed by atoms with Crippen molar-refractivity contribution in [3.63, 3.8) is 0 Å². The first-order valence-electron chi connectivity index (χ1n) is 13.3. The Morgan fingerprint density at radius 2 is 1.79 bits per heavy atom. The summed E-state index contributed by atoms with van der Waals surface area (Å²) in [7, 11) is 1.53. The first-order chi connectivity index (χ1) is 19.0. The van der Waals surface area contributed by atoms with Gasteiger partial charge in [0.05, 0.1) is 19.2 Å². The van der Waals surface area contributed by atoms with Crippen LogP contribution in [-0.4, -0.2) is 79.5 Å². The maximum Gasteiger partial charge on any atom is 0.255 e. The van der Waals surface area contributed by atoms with Crippen LogP contribution in [0.15, 0.2) is 42.7 Å². The zero-order valence-corrected chi connectivity index (χ0v) is 22.1. The number of rotatable bonds is 4. The van der Waals surface area contributed by atoms with Crippen LogP contribution < -0.4 is 25.4 Å². The molecule has 0 unspecified atom stereocenters. The molecule has 0 bridgehead atoms. The van der Waals surface area contributed by atoms with Gasteiger partial charge in [-0.05, 0) is 56.4 Å². The Bertz CT molecular complexity index is 1170. The van der Waals surface area contributed by atoms with Gasteiger partial charge in [0.2, 0.25) is 11.8 Å². The Hall–Kier alpha value is -4.15. The van der Waals surface area contributed by atoms with Crippen LogP contribution in [0.4, 0.5) is 0 Å². The Morgan fingerprint density at radius 1 is 1.03 bits per heavy atom. The van der Waals surface area contributed by atoms with Gasteiger partial charge in [0.15, 0.2) is 0 Å². The van der Waals surface area contributed by atoms with Crippen LogP contribution in [0.5, 0.6) is 11.5 Å². The van der Waals surface area contributed by atoms with Gasteiger partial charge in [-0.1, -0.05) is 0 Å². The summed E-state index contributed by atoms with van der Waals surface area (Å²) < 4.78 is 11.0. The van der Waals surface area contributed by atoms with E-state index in [1.54, 1.807) is 47.6 Å². The summed E-state index contributed by atoms with van der Waals surface area (Å²) in [5.41, 5.74) is 0.977. The van der Waals surface area contributed by atoms with Gasteiger partial charge >= 0.3 is 0 Å². The number of pyridine rings is 1. The minimum absolute atomic E-state index is 0.0722. The number of aromatic nitrogens is 1. The smallest absolute Gasteiger partial charge is 0.255 e. The number of piperidine rings is 1. The van der Waals surface area contributed by atoms with Crippen LogP contribution in [-0.2, 0) is 9.59 Å². The molecule has 1 atom stereocenters. The topological polar surface area (TPSA) is 139 Å². The van der Waals surface area contributed by atoms with Gasteiger partial charge in [-0.15, -0.1) is 0 Å². The second kappa shape index (κ2) is 13.6. The highest BCUT2D eigenvalue weighted by atomic mass is 16.5. The fraction of sp³-hybridized carbons (Fsp3) is 0.464. The van der Waals surface area contributed by atoms with Gasteiger partial charge < -0.3 is 30.3 Å². The molecule has 3 heterocycles. The third-order valence-electron chi connectivity index (χ3n) is 7.01. The van der Waals surface area contributed by atoms with E-state index in [1.807, 2.05) is 0 Å². The molecule has 0 spiro atoms. The number of likely N-dealkylation sites (tertiary alicyclic amines) is 1. The Kier molecular flexibility index (Phi) is 9.71. The van der Waals surface area contributed by atoms with Gasteiger partial charge in [-0.2, -0.15) is 0 Å². The minimum atomic E-state index is -0.694. The molecule has 1 aromatic carbocycles. The van der Waals surface area contributed by atoms with Crippen molar-refractivity contribution in [2.75, 3.05) is 39.9 Å². The fourth-order valence-corrected chi connectivity index (χ4v) is 4.75. The van der Waals surface area contributed by atoms with Crippen LogP contribution in [0.2, 0.25) is 0 Å². The predicted octanol–water partition coefficient (Wildman–Crippen LogP) is 1.54. The quantitative estimate of drug-likeness (QED) is 0.538. The highest BCUT2D eigenvalue weighted by Crippen LogP contribution is 2.25. The van der Waals surface area contributed by atoms with Crippen molar-refractivity contribution in [1.82, 2.24) is 25.8 Å². The number of carbonyl (C=O) groups is 4. The van der Waals surface area contributed by atoms with Crippen molar-refractivity contribution >= 4 is 23.6 Å². The number of methoxy groups -OCH3 is 1. The molecule has 11 heteroatoms. The largest absolute Gasteiger partial charge is 0.497 e. The fourth-order valence-electron chi connectivity index (χ4n) is 4.75. The molecule has 0 saturated carbocycles. The molecule has 1 saturated heterocycles. The first-order valence-corrected chi connectivity index (χ1v) is 13.3. The number of ether oxygens (including phenoxy) is 2. The third-order valence-corrected chi connectivity index (χ3v) is 7.01. The van der Waals surface area contributed by atoms with Crippen LogP contribution in [0, 0.1) is 5.92 Å². The minimum Gasteiger partial charge on any atom is -0.497 e. The van der Waals surface area contributed by atoms with E-state index >= 15 is 0 Å². The summed E-state index contributed by atoms with van der Waals surface area (Å²) in [5.74, 6) is -0.119. The lowest BCUT2D eigenvalue weighted by Crippen LogP contribution is -2.51. The number of hydrogen-bond donors (Lipinski definition) is 3. The van der Waals surface area contributed by atoms with Crippen molar-refractivity contribution in [1.29, 1.82) is 0 Å². The molecule has 11 nitrogen and oxygen atoms in total. The summed E-state index contributed by atoms with van der Waals surface area (Å²) in [6.07, 6.45) is 5.96. The standard InChI is InChI=1S/C28H35N5O6/c1-38-21-5-6-22-24(18-21)39-17-14-31-27(36)23(4-2-3-11-30-26(22)35)32-25(34)19-9-15-33(16-10-19)28(37)20-7-12-29-13-8-20/h5-8,12-13,18-19,23H,2-4,9-11,14-17H2,1H3,(H,30,35)(H,31,36)(H,32,34)/t23-/m0/s1. The number of fused-ring (bicyclic) bond motifs is 1. The number of nitrogens with zero attached hydrogens (tertiary/aromatic N) is 2. The average molecular weight is 538 g/mol. The molecule has 2 aliphatic heterocycles. The van der Waals surface area contributed by atoms with E-state index in [9.17, 15) is 19.2 Å². The van der Waals surface area contributed by atoms with Crippen LogP contribution >= 0.6 is 0 Å². The monoisotopic (exact) mass is 537 g/mol. The van der Waals surface area contributed by atoms with E-state index < -0.39 is 6.04 Å². The van der Waals surface area contributed by atoms with E-state index in [0.717, 1.165) is 0 Å². The van der Waals surface area contributed by atoms with Crippen molar-refractivity contribution in [2.45, 2.75) is 38.1 Å². The second-order valence-electron chi connectivity index (χ2n) is 9.62. The molecule has 39 heavy (non-hydrogen) atoms. The molecule has 208 valence electrons. The van der Waals surface area contributed by atoms with Crippen LogP contribution in [0.25, 0.3) is 0 Å². The summed E-state index contributed by atoms with van der Waals surface area (Å²) in [4.78, 5) is 57.1. The number of amides is 4. The Morgan fingerprint density at radius 3 is 2.54 bits per heavy atom. The van der Waals surface area contributed by atoms with Gasteiger partial charge in [0.25, 0.3) is 11.8 Å². The molecule has 0 radical (unpaired) electrons. The lowest BCUT2D eigenvalue weighted by Gasteiger charge is -2.32. The number of nitrogens with one attached hydrogen (secondary N) is 3. The van der Waals surface area contributed by atoms with Crippen molar-refractivity contribution < 1.29 is 28.7 Å². The SMILES string of the molecule is COc1ccc2c(c1)OCCNC(=O)[C@@H](NC(=O)C1CCN(C(=O)c3ccncc3)CC1)CCCCNC2=O. The Balaban J connectivity index is 1.32. The molecular weight excluding hydrogens is 502 g/mol. The second-order valence-corrected chi connectivity index (χ2v) is 9.62. The van der Waals surface area contributed by atoms with Crippen molar-refractivity contribution in [2.24, 2.45) is 5.92 Å². The van der Waals surface area contributed by atoms with Gasteiger partial charge in [-0.3, -0.25) is 24.2 Å². The zero-order valence-electron chi connectivity index (χ0n) is 22.1. The molecule has 1 aromatic heterocycles. The van der Waals surface area contributed by atoms with Crippen molar-refractivity contribution in [3.8, 4) is 11.5 Å².